The third kappa shape index (κ3) is 1.89. The van der Waals surface area contributed by atoms with Crippen LogP contribution in [-0.2, 0) is 0 Å². The van der Waals surface area contributed by atoms with E-state index in [-0.39, 0.29) is 5.56 Å². The molecule has 0 fully saturated rings. The van der Waals surface area contributed by atoms with Crippen LogP contribution in [0.1, 0.15) is 10.7 Å². The number of nitrogens with zero attached hydrogens (tertiary/aromatic N) is 3. The van der Waals surface area contributed by atoms with E-state index in [4.69, 9.17) is 0 Å². The first-order valence-electron chi connectivity index (χ1n) is 5.30. The maximum Gasteiger partial charge on any atom is 0.282 e. The van der Waals surface area contributed by atoms with Crippen LogP contribution in [0.4, 0.5) is 0 Å². The largest absolute Gasteiger partial charge is 0.282 e. The zero-order valence-corrected chi connectivity index (χ0v) is 11.2. The summed E-state index contributed by atoms with van der Waals surface area (Å²) in [5.74, 6) is 0.600. The number of hydrogen-bond acceptors (Lipinski definition) is 5. The van der Waals surface area contributed by atoms with E-state index in [0.29, 0.717) is 11.2 Å². The average Bonchev–Trinajstić information content (AvgIpc) is 2.98. The molecule has 0 aliphatic heterocycles. The van der Waals surface area contributed by atoms with Crippen molar-refractivity contribution in [2.45, 2.75) is 6.92 Å². The van der Waals surface area contributed by atoms with Crippen molar-refractivity contribution in [1.82, 2.24) is 9.66 Å². The summed E-state index contributed by atoms with van der Waals surface area (Å²) in [6, 6.07) is 5.68. The second-order valence-electron chi connectivity index (χ2n) is 3.68. The van der Waals surface area contributed by atoms with Gasteiger partial charge in [-0.25, -0.2) is 4.98 Å². The molecule has 3 heterocycles. The fraction of sp³-hybridized carbons (Fsp3) is 0.0833. The van der Waals surface area contributed by atoms with Crippen LogP contribution in [0.5, 0.6) is 0 Å². The van der Waals surface area contributed by atoms with E-state index in [1.54, 1.807) is 30.5 Å². The van der Waals surface area contributed by atoms with Crippen molar-refractivity contribution in [1.29, 1.82) is 0 Å². The smallest absolute Gasteiger partial charge is 0.267 e. The van der Waals surface area contributed by atoms with Crippen molar-refractivity contribution in [3.8, 4) is 0 Å². The molecule has 0 N–H and O–H groups in total. The molecule has 90 valence electrons. The average molecular weight is 275 g/mol. The summed E-state index contributed by atoms with van der Waals surface area (Å²) in [4.78, 5) is 18.3. The number of fused-ring (bicyclic) bond motifs is 1. The lowest BCUT2D eigenvalue weighted by Crippen LogP contribution is -2.19. The van der Waals surface area contributed by atoms with Crippen molar-refractivity contribution in [2.75, 3.05) is 0 Å². The van der Waals surface area contributed by atoms with Gasteiger partial charge in [0.25, 0.3) is 5.56 Å². The Balaban J connectivity index is 2.14. The lowest BCUT2D eigenvalue weighted by molar-refractivity contribution is 0.772. The summed E-state index contributed by atoms with van der Waals surface area (Å²) < 4.78 is 1.34. The lowest BCUT2D eigenvalue weighted by atomic mass is 10.4. The fourth-order valence-corrected chi connectivity index (χ4v) is 3.00. The Morgan fingerprint density at radius 2 is 2.22 bits per heavy atom. The van der Waals surface area contributed by atoms with Crippen LogP contribution >= 0.6 is 22.7 Å². The molecule has 0 radical (unpaired) electrons. The highest BCUT2D eigenvalue weighted by atomic mass is 32.1. The van der Waals surface area contributed by atoms with Gasteiger partial charge in [-0.1, -0.05) is 6.07 Å². The zero-order valence-electron chi connectivity index (χ0n) is 9.53. The standard InChI is InChI=1S/C12H9N3OS2/c1-8-14-11-10(4-6-18-11)12(16)15(8)13-7-9-3-2-5-17-9/h2-7H,1H3/b13-7-. The van der Waals surface area contributed by atoms with Gasteiger partial charge >= 0.3 is 0 Å². The van der Waals surface area contributed by atoms with Crippen LogP contribution in [0.3, 0.4) is 0 Å². The fourth-order valence-electron chi connectivity index (χ4n) is 1.62. The monoisotopic (exact) mass is 275 g/mol. The second kappa shape index (κ2) is 4.47. The van der Waals surface area contributed by atoms with Crippen molar-refractivity contribution >= 4 is 39.1 Å². The molecular weight excluding hydrogens is 266 g/mol. The van der Waals surface area contributed by atoms with Gasteiger partial charge in [-0.3, -0.25) is 4.79 Å². The molecule has 18 heavy (non-hydrogen) atoms. The highest BCUT2D eigenvalue weighted by Crippen LogP contribution is 2.14. The minimum absolute atomic E-state index is 0.119. The van der Waals surface area contributed by atoms with E-state index < -0.39 is 0 Å². The van der Waals surface area contributed by atoms with Gasteiger partial charge in [0.2, 0.25) is 0 Å². The molecule has 0 aromatic carbocycles. The van der Waals surface area contributed by atoms with Crippen LogP contribution in [0, 0.1) is 6.92 Å². The van der Waals surface area contributed by atoms with Gasteiger partial charge in [0, 0.05) is 4.88 Å². The molecule has 0 saturated heterocycles. The van der Waals surface area contributed by atoms with Gasteiger partial charge in [0.1, 0.15) is 10.7 Å². The Bertz CT molecular complexity index is 768. The predicted molar refractivity (Wildman–Crippen MR) is 75.9 cm³/mol. The molecule has 0 aliphatic carbocycles. The molecule has 3 aromatic rings. The van der Waals surface area contributed by atoms with Gasteiger partial charge in [0.15, 0.2) is 0 Å². The van der Waals surface area contributed by atoms with Crippen molar-refractivity contribution in [3.05, 3.63) is 50.0 Å². The molecule has 0 bridgehead atoms. The minimum Gasteiger partial charge on any atom is -0.267 e. The number of aryl methyl sites for hydroxylation is 1. The van der Waals surface area contributed by atoms with Gasteiger partial charge in [-0.2, -0.15) is 9.78 Å². The molecular formula is C12H9N3OS2. The summed E-state index contributed by atoms with van der Waals surface area (Å²) in [5.41, 5.74) is -0.119. The quantitative estimate of drug-likeness (QED) is 0.675. The molecule has 3 rings (SSSR count). The molecule has 0 amide bonds. The number of thiophene rings is 2. The first-order chi connectivity index (χ1) is 8.75. The van der Waals surface area contributed by atoms with Crippen LogP contribution < -0.4 is 5.56 Å². The zero-order chi connectivity index (χ0) is 12.5. The van der Waals surface area contributed by atoms with Gasteiger partial charge in [0.05, 0.1) is 11.6 Å². The number of hydrogen-bond donors (Lipinski definition) is 0. The first-order valence-corrected chi connectivity index (χ1v) is 7.06. The molecule has 0 spiro atoms. The van der Waals surface area contributed by atoms with Gasteiger partial charge < -0.3 is 0 Å². The van der Waals surface area contributed by atoms with E-state index in [9.17, 15) is 4.79 Å². The summed E-state index contributed by atoms with van der Waals surface area (Å²) >= 11 is 3.04. The molecule has 6 heteroatoms. The van der Waals surface area contributed by atoms with Crippen LogP contribution in [0.2, 0.25) is 0 Å². The van der Waals surface area contributed by atoms with E-state index in [0.717, 1.165) is 9.71 Å². The maximum atomic E-state index is 12.2. The summed E-state index contributed by atoms with van der Waals surface area (Å²) in [7, 11) is 0. The summed E-state index contributed by atoms with van der Waals surface area (Å²) in [6.07, 6.45) is 1.68. The second-order valence-corrected chi connectivity index (χ2v) is 5.55. The molecule has 0 unspecified atom stereocenters. The molecule has 4 nitrogen and oxygen atoms in total. The van der Waals surface area contributed by atoms with Crippen LogP contribution in [0.15, 0.2) is 38.9 Å². The lowest BCUT2D eigenvalue weighted by Gasteiger charge is -2.01. The Morgan fingerprint density at radius 1 is 1.33 bits per heavy atom. The third-order valence-corrected chi connectivity index (χ3v) is 4.09. The Morgan fingerprint density at radius 3 is 3.00 bits per heavy atom. The van der Waals surface area contributed by atoms with E-state index in [1.807, 2.05) is 22.9 Å². The Labute approximate surface area is 111 Å². The highest BCUT2D eigenvalue weighted by molar-refractivity contribution is 7.16. The van der Waals surface area contributed by atoms with E-state index in [1.165, 1.54) is 16.0 Å². The minimum atomic E-state index is -0.119. The topological polar surface area (TPSA) is 47.2 Å². The van der Waals surface area contributed by atoms with Crippen molar-refractivity contribution in [2.24, 2.45) is 5.10 Å². The van der Waals surface area contributed by atoms with Crippen LogP contribution in [0.25, 0.3) is 10.2 Å². The van der Waals surface area contributed by atoms with E-state index in [2.05, 4.69) is 10.1 Å². The van der Waals surface area contributed by atoms with Crippen LogP contribution in [-0.4, -0.2) is 15.9 Å². The van der Waals surface area contributed by atoms with Crippen molar-refractivity contribution in [3.63, 3.8) is 0 Å². The van der Waals surface area contributed by atoms with Gasteiger partial charge in [-0.15, -0.1) is 22.7 Å². The SMILES string of the molecule is Cc1nc2sccc2c(=O)n1/N=C\c1cccs1. The normalized spacial score (nSPS) is 11.6. The molecule has 0 saturated carbocycles. The number of aromatic nitrogens is 2. The maximum absolute atomic E-state index is 12.2. The molecule has 3 aromatic heterocycles. The molecule has 0 atom stereocenters. The Kier molecular flexibility index (Phi) is 2.81. The first kappa shape index (κ1) is 11.3. The third-order valence-electron chi connectivity index (χ3n) is 2.48. The number of rotatable bonds is 2. The van der Waals surface area contributed by atoms with Crippen molar-refractivity contribution < 1.29 is 0 Å². The highest BCUT2D eigenvalue weighted by Gasteiger charge is 2.07. The summed E-state index contributed by atoms with van der Waals surface area (Å²) in [6.45, 7) is 1.78. The molecule has 0 aliphatic rings. The van der Waals surface area contributed by atoms with Gasteiger partial charge in [-0.05, 0) is 29.8 Å². The predicted octanol–water partition coefficient (Wildman–Crippen LogP) is 2.71. The van der Waals surface area contributed by atoms with E-state index >= 15 is 0 Å². The summed E-state index contributed by atoms with van der Waals surface area (Å²) in [5, 5.41) is 8.67. The Hall–Kier alpha value is -1.79.